The Morgan fingerprint density at radius 2 is 1.70 bits per heavy atom. The van der Waals surface area contributed by atoms with Crippen molar-refractivity contribution >= 4 is 21.6 Å². The van der Waals surface area contributed by atoms with Gasteiger partial charge >= 0.3 is 0 Å². The number of carbonyl (C=O) groups excluding carboxylic acids is 1. The van der Waals surface area contributed by atoms with E-state index in [1.54, 1.807) is 0 Å². The Balaban J connectivity index is 1.90. The van der Waals surface area contributed by atoms with Crippen molar-refractivity contribution in [3.05, 3.63) is 24.3 Å². The highest BCUT2D eigenvalue weighted by Gasteiger charge is 2.19. The number of hydrogen-bond donors (Lipinski definition) is 3. The minimum atomic E-state index is -3.71. The second-order valence-electron chi connectivity index (χ2n) is 6.14. The smallest absolute Gasteiger partial charge is 0.241 e. The summed E-state index contributed by atoms with van der Waals surface area (Å²) < 4.78 is 22.4. The summed E-state index contributed by atoms with van der Waals surface area (Å²) in [6.45, 7) is 1.85. The third-order valence-corrected chi connectivity index (χ3v) is 5.11. The molecule has 1 atom stereocenters. The Morgan fingerprint density at radius 3 is 2.22 bits per heavy atom. The number of carbonyl (C=O) groups is 1. The minimum Gasteiger partial charge on any atom is -0.325 e. The molecule has 2 rings (SSSR count). The third kappa shape index (κ3) is 5.60. The van der Waals surface area contributed by atoms with E-state index in [2.05, 4.69) is 10.6 Å². The fraction of sp³-hybridized carbons (Fsp3) is 0.562. The summed E-state index contributed by atoms with van der Waals surface area (Å²) in [6, 6.07) is 5.94. The van der Waals surface area contributed by atoms with Crippen LogP contribution >= 0.6 is 0 Å². The van der Waals surface area contributed by atoms with Crippen LogP contribution in [-0.2, 0) is 14.8 Å². The number of benzene rings is 1. The van der Waals surface area contributed by atoms with Crippen LogP contribution in [0.3, 0.4) is 0 Å². The van der Waals surface area contributed by atoms with Gasteiger partial charge in [0.2, 0.25) is 15.9 Å². The van der Waals surface area contributed by atoms with Crippen LogP contribution in [0, 0.1) is 0 Å². The van der Waals surface area contributed by atoms with Gasteiger partial charge in [0.25, 0.3) is 0 Å². The van der Waals surface area contributed by atoms with E-state index in [1.807, 2.05) is 6.92 Å². The number of anilines is 1. The first-order valence-electron chi connectivity index (χ1n) is 8.06. The maximum absolute atomic E-state index is 12.2. The van der Waals surface area contributed by atoms with Crippen molar-refractivity contribution in [3.8, 4) is 0 Å². The molecule has 0 bridgehead atoms. The Hall–Kier alpha value is -1.44. The molecule has 1 amide bonds. The monoisotopic (exact) mass is 339 g/mol. The lowest BCUT2D eigenvalue weighted by Crippen LogP contribution is -2.43. The van der Waals surface area contributed by atoms with E-state index in [0.29, 0.717) is 11.7 Å². The van der Waals surface area contributed by atoms with E-state index in [1.165, 1.54) is 49.9 Å². The zero-order valence-corrected chi connectivity index (χ0v) is 14.2. The van der Waals surface area contributed by atoms with Crippen LogP contribution < -0.4 is 15.8 Å². The molecule has 1 fully saturated rings. The van der Waals surface area contributed by atoms with Gasteiger partial charge in [-0.15, -0.1) is 0 Å². The molecule has 1 saturated carbocycles. The van der Waals surface area contributed by atoms with Gasteiger partial charge in [-0.1, -0.05) is 25.7 Å². The van der Waals surface area contributed by atoms with Crippen LogP contribution in [-0.4, -0.2) is 26.4 Å². The summed E-state index contributed by atoms with van der Waals surface area (Å²) in [4.78, 5) is 12.3. The maximum atomic E-state index is 12.2. The molecular formula is C16H25N3O3S. The fourth-order valence-corrected chi connectivity index (χ4v) is 3.37. The Kier molecular flexibility index (Phi) is 6.15. The molecule has 0 aromatic heterocycles. The van der Waals surface area contributed by atoms with Crippen LogP contribution in [0.5, 0.6) is 0 Å². The summed E-state index contributed by atoms with van der Waals surface area (Å²) in [5, 5.41) is 11.2. The van der Waals surface area contributed by atoms with Crippen LogP contribution in [0.2, 0.25) is 0 Å². The normalized spacial score (nSPS) is 18.2. The molecule has 0 unspecified atom stereocenters. The topological polar surface area (TPSA) is 101 Å². The van der Waals surface area contributed by atoms with E-state index < -0.39 is 10.0 Å². The molecule has 128 valence electrons. The summed E-state index contributed by atoms with van der Waals surface area (Å²) in [5.74, 6) is -0.127. The number of primary sulfonamides is 1. The van der Waals surface area contributed by atoms with Gasteiger partial charge in [-0.2, -0.15) is 0 Å². The highest BCUT2D eigenvalue weighted by molar-refractivity contribution is 7.89. The zero-order chi connectivity index (χ0) is 16.9. The number of sulfonamides is 1. The van der Waals surface area contributed by atoms with Crippen LogP contribution in [0.25, 0.3) is 0 Å². The van der Waals surface area contributed by atoms with E-state index in [0.717, 1.165) is 12.8 Å². The molecule has 0 saturated heterocycles. The van der Waals surface area contributed by atoms with Crippen LogP contribution in [0.4, 0.5) is 5.69 Å². The first kappa shape index (κ1) is 17.9. The molecule has 0 heterocycles. The molecule has 0 spiro atoms. The largest absolute Gasteiger partial charge is 0.325 e. The molecule has 0 radical (unpaired) electrons. The SMILES string of the molecule is C[C@H](NC1CCCCCC1)C(=O)Nc1ccc(S(N)(=O)=O)cc1. The number of hydrogen-bond acceptors (Lipinski definition) is 4. The molecule has 1 aliphatic rings. The lowest BCUT2D eigenvalue weighted by molar-refractivity contribution is -0.118. The predicted molar refractivity (Wildman–Crippen MR) is 90.5 cm³/mol. The highest BCUT2D eigenvalue weighted by Crippen LogP contribution is 2.18. The zero-order valence-electron chi connectivity index (χ0n) is 13.4. The molecule has 1 aliphatic carbocycles. The Labute approximate surface area is 137 Å². The van der Waals surface area contributed by atoms with Crippen molar-refractivity contribution in [1.29, 1.82) is 0 Å². The summed E-state index contributed by atoms with van der Waals surface area (Å²) in [7, 11) is -3.71. The quantitative estimate of drug-likeness (QED) is 0.714. The van der Waals surface area contributed by atoms with Gasteiger partial charge in [0.15, 0.2) is 0 Å². The van der Waals surface area contributed by atoms with Crippen molar-refractivity contribution in [2.24, 2.45) is 5.14 Å². The standard InChI is InChI=1S/C16H25N3O3S/c1-12(18-13-6-4-2-3-5-7-13)16(20)19-14-8-10-15(11-9-14)23(17,21)22/h8-13,18H,2-7H2,1H3,(H,19,20)(H2,17,21,22)/t12-/m0/s1. The van der Waals surface area contributed by atoms with Gasteiger partial charge in [-0.3, -0.25) is 4.79 Å². The number of nitrogens with one attached hydrogen (secondary N) is 2. The molecule has 6 nitrogen and oxygen atoms in total. The van der Waals surface area contributed by atoms with Gasteiger partial charge in [0, 0.05) is 11.7 Å². The summed E-state index contributed by atoms with van der Waals surface area (Å²) in [5.41, 5.74) is 0.553. The van der Waals surface area contributed by atoms with Crippen molar-refractivity contribution in [2.75, 3.05) is 5.32 Å². The van der Waals surface area contributed by atoms with Gasteiger partial charge < -0.3 is 10.6 Å². The Morgan fingerprint density at radius 1 is 1.13 bits per heavy atom. The van der Waals surface area contributed by atoms with Crippen molar-refractivity contribution < 1.29 is 13.2 Å². The van der Waals surface area contributed by atoms with Gasteiger partial charge in [0.1, 0.15) is 0 Å². The Bertz CT molecular complexity index is 620. The molecule has 0 aliphatic heterocycles. The lowest BCUT2D eigenvalue weighted by Gasteiger charge is -2.21. The third-order valence-electron chi connectivity index (χ3n) is 4.18. The number of amides is 1. The van der Waals surface area contributed by atoms with Crippen LogP contribution in [0.15, 0.2) is 29.2 Å². The lowest BCUT2D eigenvalue weighted by atomic mass is 10.1. The summed E-state index contributed by atoms with van der Waals surface area (Å²) >= 11 is 0. The molecule has 4 N–H and O–H groups in total. The number of nitrogens with two attached hydrogens (primary N) is 1. The number of rotatable bonds is 5. The first-order chi connectivity index (χ1) is 10.9. The second kappa shape index (κ2) is 7.90. The van der Waals surface area contributed by atoms with Gasteiger partial charge in [0.05, 0.1) is 10.9 Å². The minimum absolute atomic E-state index is 0.0279. The van der Waals surface area contributed by atoms with Crippen molar-refractivity contribution in [2.45, 2.75) is 62.4 Å². The summed E-state index contributed by atoms with van der Waals surface area (Å²) in [6.07, 6.45) is 7.19. The fourth-order valence-electron chi connectivity index (χ4n) is 2.85. The maximum Gasteiger partial charge on any atom is 0.241 e. The van der Waals surface area contributed by atoms with Gasteiger partial charge in [-0.25, -0.2) is 13.6 Å². The predicted octanol–water partition coefficient (Wildman–Crippen LogP) is 1.97. The van der Waals surface area contributed by atoms with E-state index in [9.17, 15) is 13.2 Å². The van der Waals surface area contributed by atoms with E-state index in [-0.39, 0.29) is 16.8 Å². The molecule has 23 heavy (non-hydrogen) atoms. The average molecular weight is 339 g/mol. The van der Waals surface area contributed by atoms with E-state index >= 15 is 0 Å². The second-order valence-corrected chi connectivity index (χ2v) is 7.70. The molecular weight excluding hydrogens is 314 g/mol. The average Bonchev–Trinajstić information content (AvgIpc) is 2.75. The van der Waals surface area contributed by atoms with Crippen molar-refractivity contribution in [3.63, 3.8) is 0 Å². The van der Waals surface area contributed by atoms with Crippen LogP contribution in [0.1, 0.15) is 45.4 Å². The van der Waals surface area contributed by atoms with E-state index in [4.69, 9.17) is 5.14 Å². The first-order valence-corrected chi connectivity index (χ1v) is 9.60. The highest BCUT2D eigenvalue weighted by atomic mass is 32.2. The van der Waals surface area contributed by atoms with Gasteiger partial charge in [-0.05, 0) is 44.0 Å². The van der Waals surface area contributed by atoms with Crippen molar-refractivity contribution in [1.82, 2.24) is 5.32 Å². The molecule has 1 aromatic rings. The molecule has 1 aromatic carbocycles. The molecule has 7 heteroatoms.